The van der Waals surface area contributed by atoms with Crippen LogP contribution in [-0.2, 0) is 6.54 Å². The molecule has 0 aliphatic carbocycles. The number of anilines is 1. The van der Waals surface area contributed by atoms with E-state index < -0.39 is 0 Å². The Hall–Kier alpha value is -1.55. The Kier molecular flexibility index (Phi) is 3.48. The van der Waals surface area contributed by atoms with Crippen molar-refractivity contribution in [3.05, 3.63) is 29.8 Å². The standard InChI is InChI=1S/C10H15N3O/c1-13(2)10(14)12-9-6-4-3-5-8(9)7-11/h3-6H,7,11H2,1-2H3,(H,12,14). The van der Waals surface area contributed by atoms with Gasteiger partial charge >= 0.3 is 6.03 Å². The summed E-state index contributed by atoms with van der Waals surface area (Å²) >= 11 is 0. The molecular formula is C10H15N3O. The molecule has 0 unspecified atom stereocenters. The van der Waals surface area contributed by atoms with Gasteiger partial charge in [-0.3, -0.25) is 0 Å². The lowest BCUT2D eigenvalue weighted by Gasteiger charge is -2.14. The minimum atomic E-state index is -0.147. The Morgan fingerprint density at radius 2 is 2.07 bits per heavy atom. The summed E-state index contributed by atoms with van der Waals surface area (Å²) in [7, 11) is 3.39. The number of nitrogens with one attached hydrogen (secondary N) is 1. The van der Waals surface area contributed by atoms with E-state index >= 15 is 0 Å². The van der Waals surface area contributed by atoms with Gasteiger partial charge in [-0.2, -0.15) is 0 Å². The average molecular weight is 193 g/mol. The third-order valence-corrected chi connectivity index (χ3v) is 1.89. The minimum absolute atomic E-state index is 0.147. The van der Waals surface area contributed by atoms with Gasteiger partial charge in [0.15, 0.2) is 0 Å². The molecule has 0 bridgehead atoms. The molecule has 0 saturated carbocycles. The highest BCUT2D eigenvalue weighted by atomic mass is 16.2. The molecule has 76 valence electrons. The first-order chi connectivity index (χ1) is 6.65. The van der Waals surface area contributed by atoms with Crippen molar-refractivity contribution in [3.8, 4) is 0 Å². The van der Waals surface area contributed by atoms with Gasteiger partial charge in [-0.25, -0.2) is 4.79 Å². The molecule has 0 aromatic heterocycles. The first kappa shape index (κ1) is 10.5. The monoisotopic (exact) mass is 193 g/mol. The van der Waals surface area contributed by atoms with Gasteiger partial charge in [0.25, 0.3) is 0 Å². The quantitative estimate of drug-likeness (QED) is 0.742. The highest BCUT2D eigenvalue weighted by Gasteiger charge is 2.05. The number of hydrogen-bond acceptors (Lipinski definition) is 2. The van der Waals surface area contributed by atoms with Crippen LogP contribution in [-0.4, -0.2) is 25.0 Å². The number of carbonyl (C=O) groups excluding carboxylic acids is 1. The van der Waals surface area contributed by atoms with Crippen LogP contribution in [0.3, 0.4) is 0 Å². The van der Waals surface area contributed by atoms with Crippen molar-refractivity contribution < 1.29 is 4.79 Å². The maximum atomic E-state index is 11.4. The molecule has 0 saturated heterocycles. The highest BCUT2D eigenvalue weighted by Crippen LogP contribution is 2.14. The Labute approximate surface area is 83.7 Å². The van der Waals surface area contributed by atoms with E-state index in [1.807, 2.05) is 24.3 Å². The van der Waals surface area contributed by atoms with Crippen LogP contribution in [0.2, 0.25) is 0 Å². The molecule has 0 aliphatic heterocycles. The summed E-state index contributed by atoms with van der Waals surface area (Å²) in [5, 5.41) is 2.77. The number of amides is 2. The number of urea groups is 1. The summed E-state index contributed by atoms with van der Waals surface area (Å²) in [5.74, 6) is 0. The van der Waals surface area contributed by atoms with E-state index in [1.54, 1.807) is 14.1 Å². The number of benzene rings is 1. The van der Waals surface area contributed by atoms with Gasteiger partial charge in [-0.05, 0) is 11.6 Å². The van der Waals surface area contributed by atoms with Gasteiger partial charge in [0.2, 0.25) is 0 Å². The summed E-state index contributed by atoms with van der Waals surface area (Å²) in [6.45, 7) is 0.421. The van der Waals surface area contributed by atoms with Crippen LogP contribution in [0.5, 0.6) is 0 Å². The largest absolute Gasteiger partial charge is 0.331 e. The highest BCUT2D eigenvalue weighted by molar-refractivity contribution is 5.89. The number of para-hydroxylation sites is 1. The molecule has 1 rings (SSSR count). The van der Waals surface area contributed by atoms with Crippen molar-refractivity contribution in [3.63, 3.8) is 0 Å². The summed E-state index contributed by atoms with van der Waals surface area (Å²) < 4.78 is 0. The number of rotatable bonds is 2. The van der Waals surface area contributed by atoms with Crippen molar-refractivity contribution in [1.82, 2.24) is 4.90 Å². The van der Waals surface area contributed by atoms with E-state index in [0.29, 0.717) is 6.54 Å². The van der Waals surface area contributed by atoms with Crippen LogP contribution in [0, 0.1) is 0 Å². The molecule has 3 N–H and O–H groups in total. The van der Waals surface area contributed by atoms with Crippen LogP contribution in [0.4, 0.5) is 10.5 Å². The molecule has 0 fully saturated rings. The molecule has 0 aliphatic rings. The molecule has 0 atom stereocenters. The number of hydrogen-bond donors (Lipinski definition) is 2. The number of carbonyl (C=O) groups is 1. The van der Waals surface area contributed by atoms with Crippen molar-refractivity contribution in [2.24, 2.45) is 5.73 Å². The van der Waals surface area contributed by atoms with E-state index in [4.69, 9.17) is 5.73 Å². The Morgan fingerprint density at radius 1 is 1.43 bits per heavy atom. The first-order valence-electron chi connectivity index (χ1n) is 4.41. The molecule has 1 aromatic rings. The van der Waals surface area contributed by atoms with Crippen LogP contribution < -0.4 is 11.1 Å². The van der Waals surface area contributed by atoms with Crippen LogP contribution in [0.1, 0.15) is 5.56 Å². The second-order valence-electron chi connectivity index (χ2n) is 3.19. The summed E-state index contributed by atoms with van der Waals surface area (Å²) in [4.78, 5) is 12.8. The van der Waals surface area contributed by atoms with E-state index in [9.17, 15) is 4.79 Å². The zero-order valence-electron chi connectivity index (χ0n) is 8.45. The van der Waals surface area contributed by atoms with Gasteiger partial charge < -0.3 is 16.0 Å². The lowest BCUT2D eigenvalue weighted by Crippen LogP contribution is -2.27. The molecule has 1 aromatic carbocycles. The van der Waals surface area contributed by atoms with Gasteiger partial charge in [-0.15, -0.1) is 0 Å². The van der Waals surface area contributed by atoms with E-state index in [-0.39, 0.29) is 6.03 Å². The lowest BCUT2D eigenvalue weighted by atomic mass is 10.2. The molecule has 0 radical (unpaired) electrons. The number of nitrogens with zero attached hydrogens (tertiary/aromatic N) is 1. The third kappa shape index (κ3) is 2.47. The fourth-order valence-electron chi connectivity index (χ4n) is 1.05. The molecule has 0 heterocycles. The number of nitrogens with two attached hydrogens (primary N) is 1. The van der Waals surface area contributed by atoms with Crippen LogP contribution >= 0.6 is 0 Å². The van der Waals surface area contributed by atoms with Gasteiger partial charge in [-0.1, -0.05) is 18.2 Å². The fraction of sp³-hybridized carbons (Fsp3) is 0.300. The van der Waals surface area contributed by atoms with Crippen molar-refractivity contribution in [2.75, 3.05) is 19.4 Å². The fourth-order valence-corrected chi connectivity index (χ4v) is 1.05. The van der Waals surface area contributed by atoms with Crippen LogP contribution in [0.25, 0.3) is 0 Å². The van der Waals surface area contributed by atoms with E-state index in [2.05, 4.69) is 5.32 Å². The Balaban J connectivity index is 2.80. The predicted octanol–water partition coefficient (Wildman–Crippen LogP) is 1.24. The zero-order chi connectivity index (χ0) is 10.6. The first-order valence-corrected chi connectivity index (χ1v) is 4.41. The van der Waals surface area contributed by atoms with E-state index in [0.717, 1.165) is 11.3 Å². The van der Waals surface area contributed by atoms with Crippen molar-refractivity contribution in [2.45, 2.75) is 6.54 Å². The normalized spacial score (nSPS) is 9.64. The summed E-state index contributed by atoms with van der Waals surface area (Å²) in [5.41, 5.74) is 7.24. The molecule has 14 heavy (non-hydrogen) atoms. The zero-order valence-corrected chi connectivity index (χ0v) is 8.45. The molecule has 0 spiro atoms. The molecule has 4 heteroatoms. The molecular weight excluding hydrogens is 178 g/mol. The minimum Gasteiger partial charge on any atom is -0.331 e. The molecule has 2 amide bonds. The van der Waals surface area contributed by atoms with Gasteiger partial charge in [0.05, 0.1) is 0 Å². The van der Waals surface area contributed by atoms with Gasteiger partial charge in [0, 0.05) is 26.3 Å². The van der Waals surface area contributed by atoms with Crippen molar-refractivity contribution in [1.29, 1.82) is 0 Å². The second kappa shape index (κ2) is 4.62. The van der Waals surface area contributed by atoms with Crippen LogP contribution in [0.15, 0.2) is 24.3 Å². The topological polar surface area (TPSA) is 58.4 Å². The lowest BCUT2D eigenvalue weighted by molar-refractivity contribution is 0.230. The maximum Gasteiger partial charge on any atom is 0.321 e. The average Bonchev–Trinajstić information content (AvgIpc) is 2.18. The summed E-state index contributed by atoms with van der Waals surface area (Å²) in [6, 6.07) is 7.35. The molecule has 4 nitrogen and oxygen atoms in total. The van der Waals surface area contributed by atoms with Gasteiger partial charge in [0.1, 0.15) is 0 Å². The SMILES string of the molecule is CN(C)C(=O)Nc1ccccc1CN. The smallest absolute Gasteiger partial charge is 0.321 e. The Morgan fingerprint density at radius 3 is 2.64 bits per heavy atom. The summed E-state index contributed by atoms with van der Waals surface area (Å²) in [6.07, 6.45) is 0. The third-order valence-electron chi connectivity index (χ3n) is 1.89. The predicted molar refractivity (Wildman–Crippen MR) is 57.0 cm³/mol. The Bertz CT molecular complexity index is 323. The maximum absolute atomic E-state index is 11.4. The van der Waals surface area contributed by atoms with Crippen molar-refractivity contribution >= 4 is 11.7 Å². The second-order valence-corrected chi connectivity index (χ2v) is 3.19. The van der Waals surface area contributed by atoms with E-state index in [1.165, 1.54) is 4.90 Å².